The molecule has 4 nitrogen and oxygen atoms in total. The maximum absolute atomic E-state index is 8.93. The molecule has 1 aromatic heterocycles. The molecule has 0 fully saturated rings. The first-order valence-electron chi connectivity index (χ1n) is 8.69. The van der Waals surface area contributed by atoms with Gasteiger partial charge in [0.05, 0.1) is 23.7 Å². The highest BCUT2D eigenvalue weighted by molar-refractivity contribution is 14.1. The number of aromatic nitrogens is 2. The molecular weight excluding hydrogens is 435 g/mol. The van der Waals surface area contributed by atoms with Crippen LogP contribution in [-0.4, -0.2) is 21.0 Å². The zero-order chi connectivity index (χ0) is 17.9. The molecular formula is C21H19IN4. The first-order valence-corrected chi connectivity index (χ1v) is 9.77. The molecule has 0 saturated carbocycles. The van der Waals surface area contributed by atoms with Crippen molar-refractivity contribution in [2.24, 2.45) is 0 Å². The number of rotatable bonds is 4. The van der Waals surface area contributed by atoms with Crippen LogP contribution in [0.25, 0.3) is 0 Å². The van der Waals surface area contributed by atoms with E-state index in [2.05, 4.69) is 61.3 Å². The van der Waals surface area contributed by atoms with Gasteiger partial charge in [0.15, 0.2) is 0 Å². The zero-order valence-electron chi connectivity index (χ0n) is 14.4. The summed E-state index contributed by atoms with van der Waals surface area (Å²) in [5.41, 5.74) is 6.03. The summed E-state index contributed by atoms with van der Waals surface area (Å²) in [6, 6.07) is 16.7. The number of fused-ring (bicyclic) bond motifs is 1. The lowest BCUT2D eigenvalue weighted by molar-refractivity contribution is 0.239. The van der Waals surface area contributed by atoms with Crippen molar-refractivity contribution in [1.82, 2.24) is 14.5 Å². The van der Waals surface area contributed by atoms with Gasteiger partial charge in [0.1, 0.15) is 0 Å². The predicted octanol–water partition coefficient (Wildman–Crippen LogP) is 3.97. The van der Waals surface area contributed by atoms with Crippen molar-refractivity contribution < 1.29 is 0 Å². The molecule has 2 heterocycles. The van der Waals surface area contributed by atoms with Crippen LogP contribution in [0.15, 0.2) is 55.0 Å². The lowest BCUT2D eigenvalue weighted by Gasteiger charge is -2.29. The Balaban J connectivity index is 1.46. The number of nitrogens with zero attached hydrogens (tertiary/aromatic N) is 4. The van der Waals surface area contributed by atoms with Gasteiger partial charge in [0.25, 0.3) is 0 Å². The quantitative estimate of drug-likeness (QED) is 0.561. The Morgan fingerprint density at radius 3 is 2.73 bits per heavy atom. The van der Waals surface area contributed by atoms with Crippen molar-refractivity contribution >= 4 is 22.6 Å². The molecule has 0 saturated heterocycles. The van der Waals surface area contributed by atoms with Crippen LogP contribution in [-0.2, 0) is 26.1 Å². The van der Waals surface area contributed by atoms with E-state index in [0.717, 1.165) is 32.6 Å². The molecule has 0 N–H and O–H groups in total. The second-order valence-electron chi connectivity index (χ2n) is 6.70. The molecule has 0 radical (unpaired) electrons. The van der Waals surface area contributed by atoms with Gasteiger partial charge in [-0.2, -0.15) is 5.26 Å². The third kappa shape index (κ3) is 3.81. The summed E-state index contributed by atoms with van der Waals surface area (Å²) in [6.45, 7) is 3.76. The van der Waals surface area contributed by atoms with E-state index in [4.69, 9.17) is 5.26 Å². The number of hydrogen-bond donors (Lipinski definition) is 0. The first-order chi connectivity index (χ1) is 12.7. The minimum absolute atomic E-state index is 0.696. The molecule has 0 spiro atoms. The van der Waals surface area contributed by atoms with Crippen LogP contribution < -0.4 is 0 Å². The molecule has 1 aliphatic rings. The van der Waals surface area contributed by atoms with E-state index in [-0.39, 0.29) is 0 Å². The Kier molecular flexibility index (Phi) is 5.05. The van der Waals surface area contributed by atoms with Gasteiger partial charge < -0.3 is 4.57 Å². The van der Waals surface area contributed by atoms with E-state index in [1.54, 1.807) is 0 Å². The Hall–Kier alpha value is -2.17. The number of benzene rings is 2. The first kappa shape index (κ1) is 17.3. The Bertz CT molecular complexity index is 953. The maximum atomic E-state index is 8.93. The molecule has 5 heteroatoms. The molecule has 4 rings (SSSR count). The fourth-order valence-electron chi connectivity index (χ4n) is 3.45. The van der Waals surface area contributed by atoms with Crippen LogP contribution >= 0.6 is 22.6 Å². The number of imidazole rings is 1. The minimum Gasteiger partial charge on any atom is -0.329 e. The number of hydrogen-bond acceptors (Lipinski definition) is 3. The van der Waals surface area contributed by atoms with E-state index >= 15 is 0 Å². The lowest BCUT2D eigenvalue weighted by atomic mass is 10.00. The summed E-state index contributed by atoms with van der Waals surface area (Å²) in [4.78, 5) is 6.85. The summed E-state index contributed by atoms with van der Waals surface area (Å²) >= 11 is 2.39. The largest absolute Gasteiger partial charge is 0.329 e. The van der Waals surface area contributed by atoms with E-state index in [9.17, 15) is 0 Å². The standard InChI is InChI=1S/C21H19IN4/c22-20-6-5-18-7-8-25(13-19(18)9-20)14-21-11-24-15-26(21)12-17-3-1-16(10-23)2-4-17/h1-6,9,11,15H,7-8,12-14H2. The molecule has 2 aromatic carbocycles. The number of nitriles is 1. The SMILES string of the molecule is N#Cc1ccc(Cn2cncc2CN2CCc3ccc(I)cc3C2)cc1. The predicted molar refractivity (Wildman–Crippen MR) is 109 cm³/mol. The van der Waals surface area contributed by atoms with Crippen molar-refractivity contribution in [3.8, 4) is 6.07 Å². The van der Waals surface area contributed by atoms with E-state index in [0.29, 0.717) is 5.56 Å². The summed E-state index contributed by atoms with van der Waals surface area (Å²) in [6.07, 6.45) is 4.97. The van der Waals surface area contributed by atoms with Crippen LogP contribution in [0.4, 0.5) is 0 Å². The van der Waals surface area contributed by atoms with Crippen LogP contribution in [0.2, 0.25) is 0 Å². The van der Waals surface area contributed by atoms with Crippen LogP contribution in [0.3, 0.4) is 0 Å². The molecule has 1 aliphatic heterocycles. The van der Waals surface area contributed by atoms with Crippen molar-refractivity contribution in [3.63, 3.8) is 0 Å². The Morgan fingerprint density at radius 2 is 1.92 bits per heavy atom. The van der Waals surface area contributed by atoms with E-state index in [1.165, 1.54) is 26.0 Å². The summed E-state index contributed by atoms with van der Waals surface area (Å²) in [5.74, 6) is 0. The molecule has 130 valence electrons. The van der Waals surface area contributed by atoms with Crippen molar-refractivity contribution in [2.45, 2.75) is 26.1 Å². The fraction of sp³-hybridized carbons (Fsp3) is 0.238. The molecule has 0 unspecified atom stereocenters. The van der Waals surface area contributed by atoms with E-state index < -0.39 is 0 Å². The van der Waals surface area contributed by atoms with Gasteiger partial charge in [-0.15, -0.1) is 0 Å². The molecule has 0 aliphatic carbocycles. The average Bonchev–Trinajstić information content (AvgIpc) is 3.08. The minimum atomic E-state index is 0.696. The average molecular weight is 454 g/mol. The smallest absolute Gasteiger partial charge is 0.0991 e. The third-order valence-corrected chi connectivity index (χ3v) is 5.55. The number of halogens is 1. The maximum Gasteiger partial charge on any atom is 0.0991 e. The Labute approximate surface area is 167 Å². The highest BCUT2D eigenvalue weighted by atomic mass is 127. The van der Waals surface area contributed by atoms with Gasteiger partial charge in [-0.25, -0.2) is 4.98 Å². The topological polar surface area (TPSA) is 44.9 Å². The van der Waals surface area contributed by atoms with Gasteiger partial charge in [-0.05, 0) is 70.0 Å². The molecule has 0 atom stereocenters. The molecule has 0 amide bonds. The molecule has 26 heavy (non-hydrogen) atoms. The third-order valence-electron chi connectivity index (χ3n) is 4.88. The zero-order valence-corrected chi connectivity index (χ0v) is 16.6. The van der Waals surface area contributed by atoms with Gasteiger partial charge in [-0.1, -0.05) is 18.2 Å². The van der Waals surface area contributed by atoms with Crippen molar-refractivity contribution in [1.29, 1.82) is 5.26 Å². The molecule has 3 aromatic rings. The normalized spacial score (nSPS) is 14.0. The monoisotopic (exact) mass is 454 g/mol. The lowest BCUT2D eigenvalue weighted by Crippen LogP contribution is -2.31. The van der Waals surface area contributed by atoms with E-state index in [1.807, 2.05) is 36.8 Å². The van der Waals surface area contributed by atoms with Gasteiger partial charge in [0, 0.05) is 35.9 Å². The fourth-order valence-corrected chi connectivity index (χ4v) is 4.01. The van der Waals surface area contributed by atoms with Crippen LogP contribution in [0.1, 0.15) is 27.9 Å². The van der Waals surface area contributed by atoms with Gasteiger partial charge in [0.2, 0.25) is 0 Å². The molecule has 0 bridgehead atoms. The van der Waals surface area contributed by atoms with Crippen molar-refractivity contribution in [3.05, 3.63) is 86.5 Å². The van der Waals surface area contributed by atoms with Gasteiger partial charge >= 0.3 is 0 Å². The highest BCUT2D eigenvalue weighted by Crippen LogP contribution is 2.22. The second kappa shape index (κ2) is 7.60. The summed E-state index contributed by atoms with van der Waals surface area (Å²) in [7, 11) is 0. The summed E-state index contributed by atoms with van der Waals surface area (Å²) in [5, 5.41) is 8.93. The Morgan fingerprint density at radius 1 is 1.08 bits per heavy atom. The summed E-state index contributed by atoms with van der Waals surface area (Å²) < 4.78 is 3.50. The van der Waals surface area contributed by atoms with Gasteiger partial charge in [-0.3, -0.25) is 4.90 Å². The highest BCUT2D eigenvalue weighted by Gasteiger charge is 2.18. The van der Waals surface area contributed by atoms with Crippen molar-refractivity contribution in [2.75, 3.05) is 6.54 Å². The van der Waals surface area contributed by atoms with Crippen LogP contribution in [0.5, 0.6) is 0 Å². The van der Waals surface area contributed by atoms with Crippen LogP contribution in [0, 0.1) is 14.9 Å². The second-order valence-corrected chi connectivity index (χ2v) is 7.94.